The van der Waals surface area contributed by atoms with E-state index in [4.69, 9.17) is 18.5 Å². The summed E-state index contributed by atoms with van der Waals surface area (Å²) >= 11 is 0. The van der Waals surface area contributed by atoms with Crippen LogP contribution in [-0.4, -0.2) is 37.6 Å². The van der Waals surface area contributed by atoms with Gasteiger partial charge in [-0.3, -0.25) is 4.79 Å². The van der Waals surface area contributed by atoms with E-state index in [0.29, 0.717) is 43.1 Å². The predicted octanol–water partition coefficient (Wildman–Crippen LogP) is 7.60. The van der Waals surface area contributed by atoms with Gasteiger partial charge >= 0.3 is 0 Å². The number of carbonyl (C=O) groups is 1. The zero-order valence-electron chi connectivity index (χ0n) is 28.4. The van der Waals surface area contributed by atoms with Gasteiger partial charge in [0.15, 0.2) is 11.6 Å². The summed E-state index contributed by atoms with van der Waals surface area (Å²) in [6.07, 6.45) is 0.689. The molecule has 50 heavy (non-hydrogen) atoms. The number of rotatable bonds is 16. The van der Waals surface area contributed by atoms with Crippen LogP contribution in [0.1, 0.15) is 65.5 Å². The smallest absolute Gasteiger partial charge is 0.250 e. The number of nitrogens with zero attached hydrogens (tertiary/aromatic N) is 5. The molecular formula is C39H40N6O5. The van der Waals surface area contributed by atoms with Gasteiger partial charge in [-0.1, -0.05) is 90.0 Å². The fraction of sp³-hybridized carbons (Fsp3) is 0.256. The van der Waals surface area contributed by atoms with Crippen LogP contribution in [0.3, 0.4) is 0 Å². The number of anilines is 1. The van der Waals surface area contributed by atoms with Crippen LogP contribution in [0.2, 0.25) is 0 Å². The number of ether oxygens (including phenoxy) is 2. The maximum absolute atomic E-state index is 13.8. The Morgan fingerprint density at radius 3 is 1.72 bits per heavy atom. The standard InChI is InChI=1S/C39H40N6O5/c1-4-37(46)45(36(39-41-28(3)44-50-39)23-29-15-19-33(20-16-29)47-25-30-11-7-5-8-12-30)24-35(38-40-27(2)43-49-38)42-32-17-21-34(22-18-32)48-26-31-13-9-6-10-14-31/h5-22,35-36,42H,4,23-26H2,1-3H3/t35?,36-/m0/s1. The number of hydrogen-bond donors (Lipinski definition) is 1. The molecule has 11 nitrogen and oxygen atoms in total. The third-order valence-corrected chi connectivity index (χ3v) is 8.09. The van der Waals surface area contributed by atoms with Gasteiger partial charge < -0.3 is 28.7 Å². The molecule has 2 heterocycles. The molecule has 0 bridgehead atoms. The lowest BCUT2D eigenvalue weighted by molar-refractivity contribution is -0.134. The Labute approximate surface area is 291 Å². The molecule has 0 aliphatic carbocycles. The van der Waals surface area contributed by atoms with Gasteiger partial charge in [-0.05, 0) is 66.9 Å². The lowest BCUT2D eigenvalue weighted by Crippen LogP contribution is -2.40. The van der Waals surface area contributed by atoms with Gasteiger partial charge in [0.05, 0.1) is 6.54 Å². The molecule has 0 fully saturated rings. The second-order valence-corrected chi connectivity index (χ2v) is 11.9. The van der Waals surface area contributed by atoms with Gasteiger partial charge in [-0.2, -0.15) is 9.97 Å². The van der Waals surface area contributed by atoms with Gasteiger partial charge in [-0.25, -0.2) is 0 Å². The van der Waals surface area contributed by atoms with E-state index >= 15 is 0 Å². The van der Waals surface area contributed by atoms with Crippen molar-refractivity contribution < 1.29 is 23.3 Å². The molecule has 1 unspecified atom stereocenters. The summed E-state index contributed by atoms with van der Waals surface area (Å²) in [6, 6.07) is 34.4. The highest BCUT2D eigenvalue weighted by molar-refractivity contribution is 5.76. The van der Waals surface area contributed by atoms with Gasteiger partial charge in [0.25, 0.3) is 5.89 Å². The Morgan fingerprint density at radius 1 is 0.700 bits per heavy atom. The van der Waals surface area contributed by atoms with Gasteiger partial charge in [0.1, 0.15) is 36.8 Å². The molecule has 0 radical (unpaired) electrons. The van der Waals surface area contributed by atoms with E-state index < -0.39 is 12.1 Å². The van der Waals surface area contributed by atoms with Crippen molar-refractivity contribution in [3.63, 3.8) is 0 Å². The summed E-state index contributed by atoms with van der Waals surface area (Å²) in [7, 11) is 0. The molecule has 2 atom stereocenters. The molecule has 0 aliphatic heterocycles. The summed E-state index contributed by atoms with van der Waals surface area (Å²) in [5, 5.41) is 11.6. The zero-order chi connectivity index (χ0) is 34.7. The number of aromatic nitrogens is 4. The van der Waals surface area contributed by atoms with Crippen molar-refractivity contribution in [3.8, 4) is 11.5 Å². The first kappa shape index (κ1) is 33.9. The second-order valence-electron chi connectivity index (χ2n) is 11.9. The summed E-state index contributed by atoms with van der Waals surface area (Å²) in [5.74, 6) is 3.04. The topological polar surface area (TPSA) is 129 Å². The highest BCUT2D eigenvalue weighted by Gasteiger charge is 2.33. The number of benzene rings is 4. The Hall–Kier alpha value is -5.97. The average molecular weight is 673 g/mol. The van der Waals surface area contributed by atoms with Crippen molar-refractivity contribution in [2.45, 2.75) is 58.9 Å². The lowest BCUT2D eigenvalue weighted by Gasteiger charge is -2.32. The van der Waals surface area contributed by atoms with Gasteiger partial charge in [0.2, 0.25) is 11.8 Å². The van der Waals surface area contributed by atoms with E-state index in [1.807, 2.05) is 116 Å². The minimum atomic E-state index is -0.568. The van der Waals surface area contributed by atoms with Gasteiger partial charge in [0, 0.05) is 18.5 Å². The highest BCUT2D eigenvalue weighted by Crippen LogP contribution is 2.30. The van der Waals surface area contributed by atoms with Crippen LogP contribution >= 0.6 is 0 Å². The Balaban J connectivity index is 1.22. The first-order valence-corrected chi connectivity index (χ1v) is 16.6. The Bertz CT molecular complexity index is 1930. The van der Waals surface area contributed by atoms with Crippen molar-refractivity contribution in [1.29, 1.82) is 0 Å². The summed E-state index contributed by atoms with van der Waals surface area (Å²) < 4.78 is 23.3. The number of nitrogens with one attached hydrogen (secondary N) is 1. The van der Waals surface area contributed by atoms with Gasteiger partial charge in [-0.15, -0.1) is 0 Å². The van der Waals surface area contributed by atoms with Crippen LogP contribution < -0.4 is 14.8 Å². The molecule has 6 aromatic rings. The third kappa shape index (κ3) is 9.13. The van der Waals surface area contributed by atoms with Crippen molar-refractivity contribution in [2.75, 3.05) is 11.9 Å². The average Bonchev–Trinajstić information content (AvgIpc) is 3.80. The first-order chi connectivity index (χ1) is 24.4. The Kier molecular flexibility index (Phi) is 11.1. The molecule has 1 amide bonds. The molecule has 0 saturated carbocycles. The summed E-state index contributed by atoms with van der Waals surface area (Å²) in [4.78, 5) is 24.6. The predicted molar refractivity (Wildman–Crippen MR) is 187 cm³/mol. The van der Waals surface area contributed by atoms with E-state index in [9.17, 15) is 4.79 Å². The number of hydrogen-bond acceptors (Lipinski definition) is 10. The molecule has 0 saturated heterocycles. The van der Waals surface area contributed by atoms with E-state index in [-0.39, 0.29) is 18.9 Å². The van der Waals surface area contributed by atoms with Crippen LogP contribution in [0.25, 0.3) is 0 Å². The van der Waals surface area contributed by atoms with Crippen molar-refractivity contribution in [3.05, 3.63) is 149 Å². The van der Waals surface area contributed by atoms with Crippen LogP contribution in [-0.2, 0) is 24.4 Å². The minimum Gasteiger partial charge on any atom is -0.489 e. The first-order valence-electron chi connectivity index (χ1n) is 16.6. The lowest BCUT2D eigenvalue weighted by atomic mass is 10.0. The molecular weight excluding hydrogens is 632 g/mol. The highest BCUT2D eigenvalue weighted by atomic mass is 16.5. The fourth-order valence-corrected chi connectivity index (χ4v) is 5.50. The molecule has 11 heteroatoms. The molecule has 6 rings (SSSR count). The summed E-state index contributed by atoms with van der Waals surface area (Å²) in [6.45, 7) is 6.47. The van der Waals surface area contributed by atoms with Crippen LogP contribution in [0.4, 0.5) is 5.69 Å². The molecule has 1 N–H and O–H groups in total. The zero-order valence-corrected chi connectivity index (χ0v) is 28.4. The van der Waals surface area contributed by atoms with Crippen molar-refractivity contribution in [1.82, 2.24) is 25.2 Å². The number of amides is 1. The van der Waals surface area contributed by atoms with Crippen LogP contribution in [0, 0.1) is 13.8 Å². The van der Waals surface area contributed by atoms with Crippen molar-refractivity contribution >= 4 is 11.6 Å². The monoisotopic (exact) mass is 672 g/mol. The van der Waals surface area contributed by atoms with E-state index in [0.717, 1.165) is 33.9 Å². The molecule has 256 valence electrons. The normalized spacial score (nSPS) is 12.2. The van der Waals surface area contributed by atoms with Crippen molar-refractivity contribution in [2.24, 2.45) is 0 Å². The SMILES string of the molecule is CCC(=O)N(CC(Nc1ccc(OCc2ccccc2)cc1)c1nc(C)no1)[C@@H](Cc1ccc(OCc2ccccc2)cc1)c1nc(C)no1. The van der Waals surface area contributed by atoms with Crippen LogP contribution in [0.15, 0.2) is 118 Å². The fourth-order valence-electron chi connectivity index (χ4n) is 5.50. The number of aryl methyl sites for hydroxylation is 2. The molecule has 2 aromatic heterocycles. The third-order valence-electron chi connectivity index (χ3n) is 8.09. The minimum absolute atomic E-state index is 0.0960. The maximum Gasteiger partial charge on any atom is 0.250 e. The Morgan fingerprint density at radius 2 is 1.22 bits per heavy atom. The van der Waals surface area contributed by atoms with E-state index in [2.05, 4.69) is 25.6 Å². The largest absolute Gasteiger partial charge is 0.489 e. The maximum atomic E-state index is 13.8. The quantitative estimate of drug-likeness (QED) is 0.110. The van der Waals surface area contributed by atoms with E-state index in [1.165, 1.54) is 0 Å². The van der Waals surface area contributed by atoms with Crippen LogP contribution in [0.5, 0.6) is 11.5 Å². The molecule has 0 spiro atoms. The number of carbonyl (C=O) groups excluding carboxylic acids is 1. The molecule has 0 aliphatic rings. The van der Waals surface area contributed by atoms with E-state index in [1.54, 1.807) is 18.7 Å². The summed E-state index contributed by atoms with van der Waals surface area (Å²) in [5.41, 5.74) is 3.93. The second kappa shape index (κ2) is 16.4. The molecule has 4 aromatic carbocycles.